The average Bonchev–Trinajstić information content (AvgIpc) is 2.29. The number of hydrogen-bond acceptors (Lipinski definition) is 3. The fourth-order valence-electron chi connectivity index (χ4n) is 1.40. The third kappa shape index (κ3) is 3.84. The van der Waals surface area contributed by atoms with Crippen LogP contribution in [0.5, 0.6) is 0 Å². The first kappa shape index (κ1) is 13.7. The fraction of sp³-hybridized carbons (Fsp3) is 0.462. The zero-order valence-electron chi connectivity index (χ0n) is 10.4. The molecular weight excluding hydrogens is 218 g/mol. The van der Waals surface area contributed by atoms with Gasteiger partial charge in [-0.2, -0.15) is 0 Å². The smallest absolute Gasteiger partial charge is 0.251 e. The highest BCUT2D eigenvalue weighted by molar-refractivity contribution is 5.95. The Kier molecular flexibility index (Phi) is 4.26. The number of amides is 1. The van der Waals surface area contributed by atoms with E-state index in [1.165, 1.54) is 6.92 Å². The number of nitrogens with one attached hydrogen (secondary N) is 1. The molecule has 0 fully saturated rings. The van der Waals surface area contributed by atoms with Gasteiger partial charge >= 0.3 is 0 Å². The van der Waals surface area contributed by atoms with Crippen molar-refractivity contribution in [3.63, 3.8) is 0 Å². The second-order valence-corrected chi connectivity index (χ2v) is 4.66. The minimum absolute atomic E-state index is 0.0235. The third-order valence-corrected chi connectivity index (χ3v) is 2.61. The van der Waals surface area contributed by atoms with Gasteiger partial charge in [-0.05, 0) is 32.4 Å². The number of hydrogen-bond donors (Lipinski definition) is 3. The monoisotopic (exact) mass is 237 g/mol. The average molecular weight is 237 g/mol. The van der Waals surface area contributed by atoms with Crippen LogP contribution in [-0.2, 0) is 0 Å². The van der Waals surface area contributed by atoms with Crippen molar-refractivity contribution in [2.45, 2.75) is 26.4 Å². The molecule has 0 aliphatic heterocycles. The van der Waals surface area contributed by atoms with Gasteiger partial charge in [0, 0.05) is 12.1 Å². The van der Waals surface area contributed by atoms with Crippen LogP contribution in [0.25, 0.3) is 0 Å². The van der Waals surface area contributed by atoms with Gasteiger partial charge in [-0.1, -0.05) is 17.7 Å². The Labute approximate surface area is 101 Å². The van der Waals surface area contributed by atoms with E-state index in [2.05, 4.69) is 5.32 Å². The number of rotatable bonds is 4. The number of carbonyl (C=O) groups is 1. The van der Waals surface area contributed by atoms with E-state index in [-0.39, 0.29) is 19.1 Å². The second kappa shape index (κ2) is 5.29. The molecule has 4 heteroatoms. The highest BCUT2D eigenvalue weighted by Gasteiger charge is 2.20. The first-order chi connectivity index (χ1) is 7.85. The standard InChI is InChI=1S/C13H19NO3/c1-9-4-5-10(2)11(6-9)12(16)14-7-13(3,17)8-15/h4-6,15,17H,7-8H2,1-3H3,(H,14,16). The van der Waals surface area contributed by atoms with Crippen LogP contribution < -0.4 is 5.32 Å². The second-order valence-electron chi connectivity index (χ2n) is 4.66. The molecule has 0 saturated heterocycles. The van der Waals surface area contributed by atoms with Gasteiger partial charge in [0.1, 0.15) is 5.60 Å². The molecule has 0 saturated carbocycles. The Morgan fingerprint density at radius 2 is 2.06 bits per heavy atom. The maximum absolute atomic E-state index is 11.9. The van der Waals surface area contributed by atoms with Crippen molar-refractivity contribution in [1.29, 1.82) is 0 Å². The molecule has 17 heavy (non-hydrogen) atoms. The van der Waals surface area contributed by atoms with E-state index < -0.39 is 5.60 Å². The summed E-state index contributed by atoms with van der Waals surface area (Å²) in [4.78, 5) is 11.9. The molecule has 0 bridgehead atoms. The van der Waals surface area contributed by atoms with Gasteiger partial charge in [0.2, 0.25) is 0 Å². The van der Waals surface area contributed by atoms with Crippen LogP contribution in [0.2, 0.25) is 0 Å². The molecule has 1 amide bonds. The zero-order chi connectivity index (χ0) is 13.1. The highest BCUT2D eigenvalue weighted by atomic mass is 16.3. The van der Waals surface area contributed by atoms with Crippen molar-refractivity contribution in [3.8, 4) is 0 Å². The molecule has 1 atom stereocenters. The fourth-order valence-corrected chi connectivity index (χ4v) is 1.40. The summed E-state index contributed by atoms with van der Waals surface area (Å²) in [5, 5.41) is 21.1. The van der Waals surface area contributed by atoms with Crippen LogP contribution in [0, 0.1) is 13.8 Å². The first-order valence-corrected chi connectivity index (χ1v) is 5.54. The molecule has 1 unspecified atom stereocenters. The van der Waals surface area contributed by atoms with E-state index in [4.69, 9.17) is 5.11 Å². The number of benzene rings is 1. The van der Waals surface area contributed by atoms with Crippen LogP contribution in [0.4, 0.5) is 0 Å². The lowest BCUT2D eigenvalue weighted by Crippen LogP contribution is -2.43. The third-order valence-electron chi connectivity index (χ3n) is 2.61. The van der Waals surface area contributed by atoms with Gasteiger partial charge in [0.25, 0.3) is 5.91 Å². The van der Waals surface area contributed by atoms with E-state index in [0.29, 0.717) is 5.56 Å². The summed E-state index contributed by atoms with van der Waals surface area (Å²) in [6, 6.07) is 5.63. The molecule has 94 valence electrons. The predicted octanol–water partition coefficient (Wildman–Crippen LogP) is 0.777. The van der Waals surface area contributed by atoms with Gasteiger partial charge in [-0.25, -0.2) is 0 Å². The summed E-state index contributed by atoms with van der Waals surface area (Å²) in [6.07, 6.45) is 0. The van der Waals surface area contributed by atoms with E-state index in [1.807, 2.05) is 26.0 Å². The quantitative estimate of drug-likeness (QED) is 0.724. The summed E-state index contributed by atoms with van der Waals surface area (Å²) in [5.74, 6) is -0.236. The van der Waals surface area contributed by atoms with Crippen LogP contribution >= 0.6 is 0 Å². The Bertz CT molecular complexity index is 413. The first-order valence-electron chi connectivity index (χ1n) is 5.54. The Morgan fingerprint density at radius 3 is 2.65 bits per heavy atom. The van der Waals surface area contributed by atoms with Gasteiger partial charge in [-0.15, -0.1) is 0 Å². The van der Waals surface area contributed by atoms with Gasteiger partial charge in [-0.3, -0.25) is 4.79 Å². The van der Waals surface area contributed by atoms with Crippen LogP contribution in [0.1, 0.15) is 28.4 Å². The van der Waals surface area contributed by atoms with Crippen LogP contribution in [0.15, 0.2) is 18.2 Å². The maximum atomic E-state index is 11.9. The zero-order valence-corrected chi connectivity index (χ0v) is 10.4. The topological polar surface area (TPSA) is 69.6 Å². The molecular formula is C13H19NO3. The molecule has 0 aliphatic carbocycles. The largest absolute Gasteiger partial charge is 0.393 e. The Morgan fingerprint density at radius 1 is 1.41 bits per heavy atom. The minimum Gasteiger partial charge on any atom is -0.393 e. The van der Waals surface area contributed by atoms with Crippen molar-refractivity contribution in [3.05, 3.63) is 34.9 Å². The van der Waals surface area contributed by atoms with Crippen LogP contribution in [0.3, 0.4) is 0 Å². The van der Waals surface area contributed by atoms with Gasteiger partial charge in [0.15, 0.2) is 0 Å². The van der Waals surface area contributed by atoms with Crippen molar-refractivity contribution in [2.24, 2.45) is 0 Å². The molecule has 1 aromatic carbocycles. The van der Waals surface area contributed by atoms with Crippen molar-refractivity contribution >= 4 is 5.91 Å². The van der Waals surface area contributed by atoms with Gasteiger partial charge in [0.05, 0.1) is 6.61 Å². The van der Waals surface area contributed by atoms with Crippen molar-refractivity contribution < 1.29 is 15.0 Å². The minimum atomic E-state index is -1.28. The lowest BCUT2D eigenvalue weighted by atomic mass is 10.0. The van der Waals surface area contributed by atoms with E-state index in [9.17, 15) is 9.90 Å². The molecule has 0 spiro atoms. The Hall–Kier alpha value is -1.39. The molecule has 1 rings (SSSR count). The van der Waals surface area contributed by atoms with E-state index in [0.717, 1.165) is 11.1 Å². The summed E-state index contributed by atoms with van der Waals surface area (Å²) in [6.45, 7) is 4.88. The number of aryl methyl sites for hydroxylation is 2. The normalized spacial score (nSPS) is 14.2. The number of aliphatic hydroxyl groups is 2. The number of carbonyl (C=O) groups excluding carboxylic acids is 1. The van der Waals surface area contributed by atoms with Crippen molar-refractivity contribution in [2.75, 3.05) is 13.2 Å². The van der Waals surface area contributed by atoms with Crippen molar-refractivity contribution in [1.82, 2.24) is 5.32 Å². The molecule has 0 aliphatic rings. The summed E-state index contributed by atoms with van der Waals surface area (Å²) < 4.78 is 0. The van der Waals surface area contributed by atoms with E-state index in [1.54, 1.807) is 6.07 Å². The molecule has 4 nitrogen and oxygen atoms in total. The lowest BCUT2D eigenvalue weighted by Gasteiger charge is -2.20. The van der Waals surface area contributed by atoms with Gasteiger partial charge < -0.3 is 15.5 Å². The Balaban J connectivity index is 2.74. The van der Waals surface area contributed by atoms with E-state index >= 15 is 0 Å². The van der Waals surface area contributed by atoms with Crippen LogP contribution in [-0.4, -0.2) is 34.9 Å². The molecule has 0 aromatic heterocycles. The summed E-state index contributed by atoms with van der Waals surface area (Å²) in [5.41, 5.74) is 1.21. The maximum Gasteiger partial charge on any atom is 0.251 e. The molecule has 3 N–H and O–H groups in total. The lowest BCUT2D eigenvalue weighted by molar-refractivity contribution is 0.00319. The number of aliphatic hydroxyl groups excluding tert-OH is 1. The molecule has 0 radical (unpaired) electrons. The highest BCUT2D eigenvalue weighted by Crippen LogP contribution is 2.10. The SMILES string of the molecule is Cc1ccc(C)c(C(=O)NCC(C)(O)CO)c1. The summed E-state index contributed by atoms with van der Waals surface area (Å²) in [7, 11) is 0. The predicted molar refractivity (Wildman–Crippen MR) is 66.0 cm³/mol. The molecule has 1 aromatic rings. The summed E-state index contributed by atoms with van der Waals surface area (Å²) >= 11 is 0. The molecule has 0 heterocycles.